The summed E-state index contributed by atoms with van der Waals surface area (Å²) in [7, 11) is 1.58. The molecule has 0 radical (unpaired) electrons. The highest BCUT2D eigenvalue weighted by atomic mass is 16.5. The zero-order chi connectivity index (χ0) is 12.4. The predicted molar refractivity (Wildman–Crippen MR) is 61.8 cm³/mol. The van der Waals surface area contributed by atoms with Gasteiger partial charge in [0.05, 0.1) is 12.8 Å². The van der Waals surface area contributed by atoms with E-state index in [1.54, 1.807) is 26.3 Å². The second-order valence-electron chi connectivity index (χ2n) is 3.61. The summed E-state index contributed by atoms with van der Waals surface area (Å²) in [5.41, 5.74) is 1.45. The van der Waals surface area contributed by atoms with Crippen LogP contribution in [0.3, 0.4) is 0 Å². The van der Waals surface area contributed by atoms with Crippen LogP contribution in [-0.4, -0.2) is 28.0 Å². The third-order valence-corrected chi connectivity index (χ3v) is 2.42. The van der Waals surface area contributed by atoms with Gasteiger partial charge in [-0.2, -0.15) is 5.10 Å². The van der Waals surface area contributed by atoms with Crippen molar-refractivity contribution in [3.05, 3.63) is 41.7 Å². The van der Waals surface area contributed by atoms with Crippen LogP contribution in [0.2, 0.25) is 0 Å². The van der Waals surface area contributed by atoms with E-state index in [-0.39, 0.29) is 5.69 Å². The lowest BCUT2D eigenvalue weighted by molar-refractivity contribution is 0.0689. The van der Waals surface area contributed by atoms with Crippen molar-refractivity contribution < 1.29 is 14.6 Å². The summed E-state index contributed by atoms with van der Waals surface area (Å²) in [4.78, 5) is 10.9. The predicted octanol–water partition coefficient (Wildman–Crippen LogP) is 1.89. The smallest absolute Gasteiger partial charge is 0.356 e. The molecule has 1 N–H and O–H groups in total. The highest BCUT2D eigenvalue weighted by molar-refractivity contribution is 5.86. The molecule has 0 spiro atoms. The third kappa shape index (κ3) is 2.13. The first-order valence-corrected chi connectivity index (χ1v) is 5.06. The average molecular weight is 232 g/mol. The molecule has 0 bridgehead atoms. The van der Waals surface area contributed by atoms with E-state index in [0.29, 0.717) is 11.3 Å². The molecule has 1 aromatic carbocycles. The minimum atomic E-state index is -1.02. The molecular weight excluding hydrogens is 220 g/mol. The number of nitrogens with zero attached hydrogens (tertiary/aromatic N) is 2. The Hall–Kier alpha value is -2.30. The highest BCUT2D eigenvalue weighted by Gasteiger charge is 2.13. The molecule has 0 atom stereocenters. The van der Waals surface area contributed by atoms with E-state index >= 15 is 0 Å². The lowest BCUT2D eigenvalue weighted by Gasteiger charge is -2.03. The van der Waals surface area contributed by atoms with Crippen LogP contribution in [0.5, 0.6) is 5.75 Å². The summed E-state index contributed by atoms with van der Waals surface area (Å²) in [5, 5.41) is 12.9. The SMILES string of the molecule is COc1cccc(-n2cc(C)c(C(=O)O)n2)c1. The van der Waals surface area contributed by atoms with Gasteiger partial charge in [-0.25, -0.2) is 9.48 Å². The Bertz CT molecular complexity index is 561. The number of methoxy groups -OCH3 is 1. The van der Waals surface area contributed by atoms with Gasteiger partial charge in [-0.15, -0.1) is 0 Å². The molecule has 0 unspecified atom stereocenters. The van der Waals surface area contributed by atoms with Crippen molar-refractivity contribution in [1.82, 2.24) is 9.78 Å². The van der Waals surface area contributed by atoms with E-state index in [1.807, 2.05) is 18.2 Å². The second-order valence-corrected chi connectivity index (χ2v) is 3.61. The molecule has 0 aliphatic heterocycles. The second kappa shape index (κ2) is 4.29. The lowest BCUT2D eigenvalue weighted by Crippen LogP contribution is -2.01. The van der Waals surface area contributed by atoms with Crippen LogP contribution in [0.25, 0.3) is 5.69 Å². The number of carboxylic acids is 1. The zero-order valence-electron chi connectivity index (χ0n) is 9.54. The van der Waals surface area contributed by atoms with Gasteiger partial charge in [-0.1, -0.05) is 6.07 Å². The molecule has 2 aromatic rings. The summed E-state index contributed by atoms with van der Waals surface area (Å²) in [5.74, 6) is -0.323. The van der Waals surface area contributed by atoms with Gasteiger partial charge in [0.25, 0.3) is 0 Å². The normalized spacial score (nSPS) is 10.2. The number of aryl methyl sites for hydroxylation is 1. The number of aromatic carboxylic acids is 1. The topological polar surface area (TPSA) is 64.3 Å². The number of hydrogen-bond acceptors (Lipinski definition) is 3. The van der Waals surface area contributed by atoms with Crippen molar-refractivity contribution in [1.29, 1.82) is 0 Å². The number of carbonyl (C=O) groups is 1. The Morgan fingerprint density at radius 2 is 2.24 bits per heavy atom. The van der Waals surface area contributed by atoms with Crippen molar-refractivity contribution >= 4 is 5.97 Å². The maximum absolute atomic E-state index is 10.9. The number of benzene rings is 1. The zero-order valence-corrected chi connectivity index (χ0v) is 9.54. The standard InChI is InChI=1S/C12H12N2O3/c1-8-7-14(13-11(8)12(15)16)9-4-3-5-10(6-9)17-2/h3-7H,1-2H3,(H,15,16). The first-order chi connectivity index (χ1) is 8.11. The molecule has 17 heavy (non-hydrogen) atoms. The van der Waals surface area contributed by atoms with Crippen LogP contribution < -0.4 is 4.74 Å². The van der Waals surface area contributed by atoms with Crippen LogP contribution in [0.1, 0.15) is 16.1 Å². The molecule has 88 valence electrons. The molecule has 1 aromatic heterocycles. The molecule has 0 saturated carbocycles. The van der Waals surface area contributed by atoms with Gasteiger partial charge in [0.1, 0.15) is 5.75 Å². The molecule has 0 aliphatic rings. The van der Waals surface area contributed by atoms with Gasteiger partial charge in [0.15, 0.2) is 5.69 Å². The molecule has 0 amide bonds. The molecule has 0 saturated heterocycles. The van der Waals surface area contributed by atoms with Crippen LogP contribution in [0, 0.1) is 6.92 Å². The first-order valence-electron chi connectivity index (χ1n) is 5.06. The van der Waals surface area contributed by atoms with Crippen LogP contribution >= 0.6 is 0 Å². The molecule has 1 heterocycles. The van der Waals surface area contributed by atoms with E-state index in [9.17, 15) is 4.79 Å². The van der Waals surface area contributed by atoms with Gasteiger partial charge in [0.2, 0.25) is 0 Å². The summed E-state index contributed by atoms with van der Waals surface area (Å²) < 4.78 is 6.63. The van der Waals surface area contributed by atoms with E-state index in [4.69, 9.17) is 9.84 Å². The highest BCUT2D eigenvalue weighted by Crippen LogP contribution is 2.17. The van der Waals surface area contributed by atoms with Crippen molar-refractivity contribution in [2.75, 3.05) is 7.11 Å². The Labute approximate surface area is 98.3 Å². The molecule has 5 heteroatoms. The summed E-state index contributed by atoms with van der Waals surface area (Å²) >= 11 is 0. The van der Waals surface area contributed by atoms with Gasteiger partial charge in [0, 0.05) is 17.8 Å². The van der Waals surface area contributed by atoms with Crippen molar-refractivity contribution in [3.63, 3.8) is 0 Å². The average Bonchev–Trinajstić information content (AvgIpc) is 2.71. The Morgan fingerprint density at radius 3 is 2.82 bits per heavy atom. The van der Waals surface area contributed by atoms with E-state index in [1.165, 1.54) is 4.68 Å². The maximum Gasteiger partial charge on any atom is 0.356 e. The quantitative estimate of drug-likeness (QED) is 0.877. The van der Waals surface area contributed by atoms with Gasteiger partial charge < -0.3 is 9.84 Å². The molecule has 5 nitrogen and oxygen atoms in total. The number of aromatic nitrogens is 2. The summed E-state index contributed by atoms with van der Waals surface area (Å²) in [6, 6.07) is 7.27. The van der Waals surface area contributed by atoms with Gasteiger partial charge in [-0.3, -0.25) is 0 Å². The monoisotopic (exact) mass is 232 g/mol. The van der Waals surface area contributed by atoms with Crippen LogP contribution in [0.4, 0.5) is 0 Å². The lowest BCUT2D eigenvalue weighted by atomic mass is 10.3. The minimum absolute atomic E-state index is 0.0628. The van der Waals surface area contributed by atoms with Crippen molar-refractivity contribution in [3.8, 4) is 11.4 Å². The number of hydrogen-bond donors (Lipinski definition) is 1. The van der Waals surface area contributed by atoms with Gasteiger partial charge in [-0.05, 0) is 19.1 Å². The molecule has 0 aliphatic carbocycles. The summed E-state index contributed by atoms with van der Waals surface area (Å²) in [6.45, 7) is 1.72. The molecular formula is C12H12N2O3. The van der Waals surface area contributed by atoms with Crippen molar-refractivity contribution in [2.24, 2.45) is 0 Å². The van der Waals surface area contributed by atoms with Crippen LogP contribution in [-0.2, 0) is 0 Å². The van der Waals surface area contributed by atoms with E-state index < -0.39 is 5.97 Å². The first kappa shape index (κ1) is 11.2. The van der Waals surface area contributed by atoms with Gasteiger partial charge >= 0.3 is 5.97 Å². The number of rotatable bonds is 3. The largest absolute Gasteiger partial charge is 0.497 e. The third-order valence-electron chi connectivity index (χ3n) is 2.42. The minimum Gasteiger partial charge on any atom is -0.497 e. The molecule has 0 fully saturated rings. The van der Waals surface area contributed by atoms with E-state index in [2.05, 4.69) is 5.10 Å². The number of ether oxygens (including phenoxy) is 1. The van der Waals surface area contributed by atoms with Crippen LogP contribution in [0.15, 0.2) is 30.5 Å². The summed E-state index contributed by atoms with van der Waals surface area (Å²) in [6.07, 6.45) is 1.68. The fourth-order valence-corrected chi connectivity index (χ4v) is 1.56. The fourth-order valence-electron chi connectivity index (χ4n) is 1.56. The number of carboxylic acid groups (broad SMARTS) is 1. The Balaban J connectivity index is 2.46. The Morgan fingerprint density at radius 1 is 1.47 bits per heavy atom. The fraction of sp³-hybridized carbons (Fsp3) is 0.167. The Kier molecular flexibility index (Phi) is 2.82. The molecule has 2 rings (SSSR count). The maximum atomic E-state index is 10.9. The van der Waals surface area contributed by atoms with Crippen molar-refractivity contribution in [2.45, 2.75) is 6.92 Å². The van der Waals surface area contributed by atoms with E-state index in [0.717, 1.165) is 5.69 Å².